The fraction of sp³-hybridized carbons (Fsp3) is 0.625. The fourth-order valence-corrected chi connectivity index (χ4v) is 3.26. The molecule has 1 heterocycles. The molecular weight excluding hydrogens is 313 g/mol. The Kier molecular flexibility index (Phi) is 5.38. The SMILES string of the molecule is CC(C)C(NS(=O)O)c1ccccc1B1OC(C)(C)C(C)(C)O1. The number of rotatable bonds is 5. The van der Waals surface area contributed by atoms with Crippen molar-refractivity contribution in [3.63, 3.8) is 0 Å². The van der Waals surface area contributed by atoms with E-state index in [2.05, 4.69) is 4.72 Å². The Morgan fingerprint density at radius 2 is 1.65 bits per heavy atom. The Morgan fingerprint density at radius 1 is 1.13 bits per heavy atom. The highest BCUT2D eigenvalue weighted by Crippen LogP contribution is 2.37. The molecule has 128 valence electrons. The predicted octanol–water partition coefficient (Wildman–Crippen LogP) is 2.41. The van der Waals surface area contributed by atoms with Crippen LogP contribution in [-0.2, 0) is 20.6 Å². The van der Waals surface area contributed by atoms with Crippen LogP contribution in [0.1, 0.15) is 53.1 Å². The maximum Gasteiger partial charge on any atom is 0.495 e. The summed E-state index contributed by atoms with van der Waals surface area (Å²) in [6.45, 7) is 12.1. The molecule has 1 fully saturated rings. The van der Waals surface area contributed by atoms with E-state index in [1.54, 1.807) is 0 Å². The first-order valence-electron chi connectivity index (χ1n) is 7.86. The second-order valence-corrected chi connectivity index (χ2v) is 8.04. The van der Waals surface area contributed by atoms with E-state index in [1.165, 1.54) is 0 Å². The molecule has 1 saturated heterocycles. The molecule has 0 spiro atoms. The summed E-state index contributed by atoms with van der Waals surface area (Å²) in [5, 5.41) is 0. The van der Waals surface area contributed by atoms with Gasteiger partial charge in [0.2, 0.25) is 11.3 Å². The lowest BCUT2D eigenvalue weighted by Crippen LogP contribution is -2.41. The minimum Gasteiger partial charge on any atom is -0.399 e. The highest BCUT2D eigenvalue weighted by atomic mass is 32.2. The zero-order valence-corrected chi connectivity index (χ0v) is 15.4. The third-order valence-electron chi connectivity index (χ3n) is 4.73. The Hall–Kier alpha value is -0.725. The Labute approximate surface area is 141 Å². The number of hydrogen-bond donors (Lipinski definition) is 2. The topological polar surface area (TPSA) is 67.8 Å². The van der Waals surface area contributed by atoms with Crippen LogP contribution >= 0.6 is 0 Å². The molecule has 0 aromatic heterocycles. The van der Waals surface area contributed by atoms with E-state index in [9.17, 15) is 8.76 Å². The summed E-state index contributed by atoms with van der Waals surface area (Å²) in [6, 6.07) is 7.48. The Morgan fingerprint density at radius 3 is 2.13 bits per heavy atom. The van der Waals surface area contributed by atoms with E-state index >= 15 is 0 Å². The Bertz CT molecular complexity index is 575. The molecule has 23 heavy (non-hydrogen) atoms. The number of benzene rings is 1. The van der Waals surface area contributed by atoms with Gasteiger partial charge in [0.1, 0.15) is 0 Å². The minimum atomic E-state index is -2.09. The van der Waals surface area contributed by atoms with Gasteiger partial charge in [-0.1, -0.05) is 38.1 Å². The van der Waals surface area contributed by atoms with Gasteiger partial charge in [0.25, 0.3) is 0 Å². The van der Waals surface area contributed by atoms with Crippen molar-refractivity contribution in [3.8, 4) is 0 Å². The third-order valence-corrected chi connectivity index (χ3v) is 5.19. The zero-order valence-electron chi connectivity index (χ0n) is 14.6. The number of nitrogens with one attached hydrogen (secondary N) is 1. The van der Waals surface area contributed by atoms with Gasteiger partial charge < -0.3 is 9.31 Å². The smallest absolute Gasteiger partial charge is 0.399 e. The van der Waals surface area contributed by atoms with Crippen molar-refractivity contribution in [2.75, 3.05) is 0 Å². The van der Waals surface area contributed by atoms with Crippen LogP contribution in [0, 0.1) is 5.92 Å². The summed E-state index contributed by atoms with van der Waals surface area (Å²) < 4.78 is 35.5. The summed E-state index contributed by atoms with van der Waals surface area (Å²) in [5.74, 6) is 0.134. The first-order valence-corrected chi connectivity index (χ1v) is 8.97. The molecule has 1 aromatic carbocycles. The molecular formula is C16H26BNO4S. The van der Waals surface area contributed by atoms with Crippen LogP contribution in [0.3, 0.4) is 0 Å². The van der Waals surface area contributed by atoms with Crippen LogP contribution in [0.25, 0.3) is 0 Å². The molecule has 0 amide bonds. The highest BCUT2D eigenvalue weighted by Gasteiger charge is 2.52. The normalized spacial score (nSPS) is 22.3. The van der Waals surface area contributed by atoms with E-state index < -0.39 is 29.6 Å². The van der Waals surface area contributed by atoms with Crippen LogP contribution < -0.4 is 10.2 Å². The molecule has 2 atom stereocenters. The maximum atomic E-state index is 11.3. The first kappa shape index (κ1) is 18.6. The fourth-order valence-electron chi connectivity index (χ4n) is 2.65. The predicted molar refractivity (Wildman–Crippen MR) is 93.6 cm³/mol. The average Bonchev–Trinajstić information content (AvgIpc) is 2.64. The molecule has 1 aromatic rings. The van der Waals surface area contributed by atoms with Crippen LogP contribution in [-0.4, -0.2) is 27.1 Å². The summed E-state index contributed by atoms with van der Waals surface area (Å²) in [4.78, 5) is 0. The first-order chi connectivity index (χ1) is 10.5. The van der Waals surface area contributed by atoms with Crippen molar-refractivity contribution in [1.82, 2.24) is 4.72 Å². The van der Waals surface area contributed by atoms with Gasteiger partial charge in [-0.25, -0.2) is 8.93 Å². The molecule has 2 N–H and O–H groups in total. The molecule has 1 aliphatic rings. The van der Waals surface area contributed by atoms with E-state index in [1.807, 2.05) is 65.8 Å². The van der Waals surface area contributed by atoms with E-state index in [-0.39, 0.29) is 12.0 Å². The van der Waals surface area contributed by atoms with Gasteiger partial charge in [-0.05, 0) is 44.6 Å². The van der Waals surface area contributed by atoms with Gasteiger partial charge in [0.05, 0.1) is 11.2 Å². The standard InChI is InChI=1S/C16H26BNO4S/c1-11(2)14(18-23(19)20)12-9-7-8-10-13(12)17-21-15(3,4)16(5,6)22-17/h7-11,14,18H,1-6H3,(H,19,20). The molecule has 1 aliphatic heterocycles. The molecule has 2 unspecified atom stereocenters. The van der Waals surface area contributed by atoms with E-state index in [0.717, 1.165) is 11.0 Å². The van der Waals surface area contributed by atoms with Crippen molar-refractivity contribution in [2.24, 2.45) is 5.92 Å². The van der Waals surface area contributed by atoms with Crippen LogP contribution in [0.5, 0.6) is 0 Å². The monoisotopic (exact) mass is 339 g/mol. The van der Waals surface area contributed by atoms with Gasteiger partial charge in [-0.3, -0.25) is 4.55 Å². The summed E-state index contributed by atoms with van der Waals surface area (Å²) in [5.41, 5.74) is 0.961. The van der Waals surface area contributed by atoms with Crippen LogP contribution in [0.15, 0.2) is 24.3 Å². The van der Waals surface area contributed by atoms with Gasteiger partial charge in [0, 0.05) is 6.04 Å². The zero-order chi connectivity index (χ0) is 17.4. The summed E-state index contributed by atoms with van der Waals surface area (Å²) in [6.07, 6.45) is 0. The lowest BCUT2D eigenvalue weighted by atomic mass is 9.73. The molecule has 0 saturated carbocycles. The minimum absolute atomic E-state index is 0.134. The molecule has 5 nitrogen and oxygen atoms in total. The maximum absolute atomic E-state index is 11.3. The molecule has 2 rings (SSSR count). The molecule has 0 aliphatic carbocycles. The van der Waals surface area contributed by atoms with Crippen molar-refractivity contribution >= 4 is 23.8 Å². The van der Waals surface area contributed by atoms with Crippen LogP contribution in [0.2, 0.25) is 0 Å². The lowest BCUT2D eigenvalue weighted by molar-refractivity contribution is 0.00578. The highest BCUT2D eigenvalue weighted by molar-refractivity contribution is 7.77. The Balaban J connectivity index is 2.40. The second kappa shape index (κ2) is 6.65. The molecule has 7 heteroatoms. The third kappa shape index (κ3) is 3.86. The number of hydrogen-bond acceptors (Lipinski definition) is 3. The molecule has 0 bridgehead atoms. The average molecular weight is 339 g/mol. The van der Waals surface area contributed by atoms with Gasteiger partial charge >= 0.3 is 7.12 Å². The quantitative estimate of drug-likeness (QED) is 0.639. The van der Waals surface area contributed by atoms with Crippen molar-refractivity contribution in [1.29, 1.82) is 0 Å². The van der Waals surface area contributed by atoms with Crippen molar-refractivity contribution in [3.05, 3.63) is 29.8 Å². The lowest BCUT2D eigenvalue weighted by Gasteiger charge is -2.32. The van der Waals surface area contributed by atoms with Gasteiger partial charge in [0.15, 0.2) is 0 Å². The summed E-state index contributed by atoms with van der Waals surface area (Å²) in [7, 11) is -0.494. The van der Waals surface area contributed by atoms with E-state index in [0.29, 0.717) is 0 Å². The largest absolute Gasteiger partial charge is 0.495 e. The van der Waals surface area contributed by atoms with Crippen molar-refractivity contribution in [2.45, 2.75) is 58.8 Å². The van der Waals surface area contributed by atoms with E-state index in [4.69, 9.17) is 9.31 Å². The van der Waals surface area contributed by atoms with Gasteiger partial charge in [-0.2, -0.15) is 0 Å². The second-order valence-electron chi connectivity index (χ2n) is 7.31. The van der Waals surface area contributed by atoms with Gasteiger partial charge in [-0.15, -0.1) is 0 Å². The molecule has 0 radical (unpaired) electrons. The van der Waals surface area contributed by atoms with Crippen LogP contribution in [0.4, 0.5) is 0 Å². The van der Waals surface area contributed by atoms with Crippen molar-refractivity contribution < 1.29 is 18.1 Å². The summed E-state index contributed by atoms with van der Waals surface area (Å²) >= 11 is -2.09.